The van der Waals surface area contributed by atoms with E-state index in [1.807, 2.05) is 36.4 Å². The van der Waals surface area contributed by atoms with Crippen LogP contribution in [-0.4, -0.2) is 20.7 Å². The Morgan fingerprint density at radius 2 is 1.89 bits per heavy atom. The Balaban J connectivity index is 2.12. The molecule has 3 rings (SSSR count). The molecule has 2 aromatic carbocycles. The zero-order chi connectivity index (χ0) is 19.4. The average Bonchev–Trinajstić information content (AvgIpc) is 2.67. The second kappa shape index (κ2) is 8.39. The number of hydrogen-bond acceptors (Lipinski definition) is 4. The van der Waals surface area contributed by atoms with Gasteiger partial charge in [-0.25, -0.2) is 4.98 Å². The third-order valence-electron chi connectivity index (χ3n) is 4.44. The van der Waals surface area contributed by atoms with Crippen molar-refractivity contribution in [2.24, 2.45) is 5.73 Å². The molecule has 27 heavy (non-hydrogen) atoms. The van der Waals surface area contributed by atoms with Gasteiger partial charge in [0.2, 0.25) is 5.91 Å². The predicted octanol–water partition coefficient (Wildman–Crippen LogP) is 3.69. The summed E-state index contributed by atoms with van der Waals surface area (Å²) in [4.78, 5) is 29.3. The number of aromatic nitrogens is 2. The lowest BCUT2D eigenvalue weighted by Gasteiger charge is -2.15. The first-order chi connectivity index (χ1) is 13.0. The van der Waals surface area contributed by atoms with Gasteiger partial charge in [0.15, 0.2) is 5.16 Å². The number of nitrogens with zero attached hydrogens (tertiary/aromatic N) is 2. The van der Waals surface area contributed by atoms with E-state index in [0.29, 0.717) is 16.1 Å². The molecule has 1 aromatic heterocycles. The van der Waals surface area contributed by atoms with Gasteiger partial charge in [0.1, 0.15) is 0 Å². The summed E-state index contributed by atoms with van der Waals surface area (Å²) in [5.41, 5.74) is 7.84. The fourth-order valence-corrected chi connectivity index (χ4v) is 3.71. The van der Waals surface area contributed by atoms with Crippen LogP contribution in [0, 0.1) is 0 Å². The number of carbonyl (C=O) groups excluding carboxylic acids is 1. The Morgan fingerprint density at radius 1 is 1.19 bits per heavy atom. The summed E-state index contributed by atoms with van der Waals surface area (Å²) in [6.07, 6.45) is 3.29. The van der Waals surface area contributed by atoms with Crippen molar-refractivity contribution in [1.82, 2.24) is 9.55 Å². The van der Waals surface area contributed by atoms with E-state index in [4.69, 9.17) is 5.73 Å². The van der Waals surface area contributed by atoms with Crippen molar-refractivity contribution < 1.29 is 4.79 Å². The van der Waals surface area contributed by atoms with Crippen LogP contribution in [0.3, 0.4) is 0 Å². The van der Waals surface area contributed by atoms with Crippen molar-refractivity contribution in [1.29, 1.82) is 0 Å². The SMILES string of the molecule is CCCCc1ccc(-n2c(SC(C)C(N)=O)nc3ccccc3c2=O)cc1. The number of carbonyl (C=O) groups is 1. The molecule has 0 spiro atoms. The highest BCUT2D eigenvalue weighted by Gasteiger charge is 2.18. The van der Waals surface area contributed by atoms with Gasteiger partial charge in [0, 0.05) is 0 Å². The summed E-state index contributed by atoms with van der Waals surface area (Å²) in [6, 6.07) is 15.2. The predicted molar refractivity (Wildman–Crippen MR) is 110 cm³/mol. The Hall–Kier alpha value is -2.60. The quantitative estimate of drug-likeness (QED) is 0.500. The molecule has 0 aliphatic rings. The van der Waals surface area contributed by atoms with Gasteiger partial charge in [-0.2, -0.15) is 0 Å². The standard InChI is InChI=1S/C21H23N3O2S/c1-3-4-7-15-10-12-16(13-11-15)24-20(26)17-8-5-6-9-18(17)23-21(24)27-14(2)19(22)25/h5-6,8-14H,3-4,7H2,1-2H3,(H2,22,25). The van der Waals surface area contributed by atoms with E-state index in [0.717, 1.165) is 24.9 Å². The molecule has 1 unspecified atom stereocenters. The van der Waals surface area contributed by atoms with Gasteiger partial charge in [-0.05, 0) is 49.6 Å². The van der Waals surface area contributed by atoms with Crippen molar-refractivity contribution in [2.75, 3.05) is 0 Å². The largest absolute Gasteiger partial charge is 0.369 e. The lowest BCUT2D eigenvalue weighted by atomic mass is 10.1. The van der Waals surface area contributed by atoms with Crippen LogP contribution in [0.25, 0.3) is 16.6 Å². The van der Waals surface area contributed by atoms with Crippen LogP contribution >= 0.6 is 11.8 Å². The van der Waals surface area contributed by atoms with Gasteiger partial charge in [-0.15, -0.1) is 0 Å². The van der Waals surface area contributed by atoms with E-state index < -0.39 is 11.2 Å². The Labute approximate surface area is 162 Å². The minimum Gasteiger partial charge on any atom is -0.369 e. The molecule has 0 saturated heterocycles. The molecule has 0 bridgehead atoms. The molecular formula is C21H23N3O2S. The number of thioether (sulfide) groups is 1. The van der Waals surface area contributed by atoms with Crippen LogP contribution in [0.2, 0.25) is 0 Å². The minimum absolute atomic E-state index is 0.152. The first kappa shape index (κ1) is 19.2. The normalized spacial score (nSPS) is 12.2. The Kier molecular flexibility index (Phi) is 5.96. The summed E-state index contributed by atoms with van der Waals surface area (Å²) < 4.78 is 1.57. The molecule has 0 aliphatic carbocycles. The molecule has 0 fully saturated rings. The number of primary amides is 1. The van der Waals surface area contributed by atoms with Crippen LogP contribution in [0.1, 0.15) is 32.3 Å². The molecule has 5 nitrogen and oxygen atoms in total. The molecule has 140 valence electrons. The lowest BCUT2D eigenvalue weighted by Crippen LogP contribution is -2.26. The number of fused-ring (bicyclic) bond motifs is 1. The number of rotatable bonds is 7. The van der Waals surface area contributed by atoms with Crippen LogP contribution in [0.5, 0.6) is 0 Å². The monoisotopic (exact) mass is 381 g/mol. The van der Waals surface area contributed by atoms with Crippen molar-refractivity contribution in [2.45, 2.75) is 43.5 Å². The van der Waals surface area contributed by atoms with Crippen molar-refractivity contribution in [3.8, 4) is 5.69 Å². The van der Waals surface area contributed by atoms with Crippen molar-refractivity contribution >= 4 is 28.6 Å². The summed E-state index contributed by atoms with van der Waals surface area (Å²) in [5, 5.41) is 0.517. The van der Waals surface area contributed by atoms with Crippen molar-refractivity contribution in [3.05, 3.63) is 64.4 Å². The van der Waals surface area contributed by atoms with E-state index in [9.17, 15) is 9.59 Å². The fourth-order valence-electron chi connectivity index (χ4n) is 2.83. The van der Waals surface area contributed by atoms with Gasteiger partial charge in [0.05, 0.1) is 21.8 Å². The molecule has 1 atom stereocenters. The minimum atomic E-state index is -0.492. The van der Waals surface area contributed by atoms with Crippen molar-refractivity contribution in [3.63, 3.8) is 0 Å². The van der Waals surface area contributed by atoms with Crippen LogP contribution in [0.15, 0.2) is 58.5 Å². The maximum absolute atomic E-state index is 13.2. The van der Waals surface area contributed by atoms with E-state index in [-0.39, 0.29) is 5.56 Å². The summed E-state index contributed by atoms with van der Waals surface area (Å²) in [5.74, 6) is -0.441. The number of unbranched alkanes of at least 4 members (excludes halogenated alkanes) is 1. The number of para-hydroxylation sites is 1. The number of aryl methyl sites for hydroxylation is 1. The number of nitrogens with two attached hydrogens (primary N) is 1. The zero-order valence-corrected chi connectivity index (χ0v) is 16.3. The van der Waals surface area contributed by atoms with E-state index in [1.165, 1.54) is 17.3 Å². The topological polar surface area (TPSA) is 78.0 Å². The molecule has 0 saturated carbocycles. The van der Waals surface area contributed by atoms with Gasteiger partial charge in [-0.3, -0.25) is 14.2 Å². The molecule has 6 heteroatoms. The number of benzene rings is 2. The maximum atomic E-state index is 13.2. The molecule has 3 aromatic rings. The number of amides is 1. The van der Waals surface area contributed by atoms with Gasteiger partial charge < -0.3 is 5.73 Å². The maximum Gasteiger partial charge on any atom is 0.266 e. The molecular weight excluding hydrogens is 358 g/mol. The van der Waals surface area contributed by atoms with E-state index in [2.05, 4.69) is 11.9 Å². The highest BCUT2D eigenvalue weighted by molar-refractivity contribution is 8.00. The summed E-state index contributed by atoms with van der Waals surface area (Å²) in [6.45, 7) is 3.88. The lowest BCUT2D eigenvalue weighted by molar-refractivity contribution is -0.117. The second-order valence-corrected chi connectivity index (χ2v) is 7.79. The highest BCUT2D eigenvalue weighted by Crippen LogP contribution is 2.25. The van der Waals surface area contributed by atoms with Crippen LogP contribution < -0.4 is 11.3 Å². The van der Waals surface area contributed by atoms with Gasteiger partial charge in [-0.1, -0.05) is 49.4 Å². The summed E-state index contributed by atoms with van der Waals surface area (Å²) >= 11 is 1.20. The summed E-state index contributed by atoms with van der Waals surface area (Å²) in [7, 11) is 0. The molecule has 2 N–H and O–H groups in total. The average molecular weight is 382 g/mol. The Bertz CT molecular complexity index is 1010. The first-order valence-corrected chi connectivity index (χ1v) is 9.96. The highest BCUT2D eigenvalue weighted by atomic mass is 32.2. The Morgan fingerprint density at radius 3 is 2.56 bits per heavy atom. The van der Waals surface area contributed by atoms with Gasteiger partial charge >= 0.3 is 0 Å². The second-order valence-electron chi connectivity index (χ2n) is 6.48. The van der Waals surface area contributed by atoms with E-state index >= 15 is 0 Å². The molecule has 0 aliphatic heterocycles. The zero-order valence-electron chi connectivity index (χ0n) is 15.5. The molecule has 0 radical (unpaired) electrons. The fraction of sp³-hybridized carbons (Fsp3) is 0.286. The van der Waals surface area contributed by atoms with E-state index in [1.54, 1.807) is 23.6 Å². The first-order valence-electron chi connectivity index (χ1n) is 9.08. The third-order valence-corrected chi connectivity index (χ3v) is 5.51. The molecule has 1 amide bonds. The van der Waals surface area contributed by atoms with Crippen LogP contribution in [0.4, 0.5) is 0 Å². The smallest absolute Gasteiger partial charge is 0.266 e. The van der Waals surface area contributed by atoms with Crippen LogP contribution in [-0.2, 0) is 11.2 Å². The third kappa shape index (κ3) is 4.22. The molecule has 1 heterocycles. The van der Waals surface area contributed by atoms with Gasteiger partial charge in [0.25, 0.3) is 5.56 Å². The number of hydrogen-bond donors (Lipinski definition) is 1.